The van der Waals surface area contributed by atoms with Crippen molar-refractivity contribution < 1.29 is 24.1 Å². The lowest BCUT2D eigenvalue weighted by Gasteiger charge is -2.12. The van der Waals surface area contributed by atoms with Crippen molar-refractivity contribution in [2.45, 2.75) is 13.3 Å². The van der Waals surface area contributed by atoms with Crippen molar-refractivity contribution in [3.63, 3.8) is 0 Å². The van der Waals surface area contributed by atoms with E-state index in [4.69, 9.17) is 14.2 Å². The van der Waals surface area contributed by atoms with E-state index in [-0.39, 0.29) is 5.57 Å². The van der Waals surface area contributed by atoms with E-state index in [2.05, 4.69) is 0 Å². The number of carboxylic acid groups (broad SMARTS) is 1. The van der Waals surface area contributed by atoms with Gasteiger partial charge in [-0.25, -0.2) is 4.79 Å². The number of carbonyl (C=O) groups is 1. The summed E-state index contributed by atoms with van der Waals surface area (Å²) >= 11 is 0. The highest BCUT2D eigenvalue weighted by atomic mass is 16.5. The Balaban J connectivity index is 2.45. The zero-order valence-corrected chi connectivity index (χ0v) is 14.6. The normalized spacial score (nSPS) is 11.1. The number of hydrogen-bond acceptors (Lipinski definition) is 4. The maximum absolute atomic E-state index is 11.8. The van der Waals surface area contributed by atoms with Gasteiger partial charge < -0.3 is 19.3 Å². The van der Waals surface area contributed by atoms with Gasteiger partial charge in [-0.3, -0.25) is 0 Å². The molecule has 5 nitrogen and oxygen atoms in total. The van der Waals surface area contributed by atoms with Crippen LogP contribution in [0.5, 0.6) is 17.2 Å². The Hall–Kier alpha value is -2.95. The van der Waals surface area contributed by atoms with Crippen molar-refractivity contribution in [3.05, 3.63) is 53.6 Å². The first-order chi connectivity index (χ1) is 12.1. The van der Waals surface area contributed by atoms with Gasteiger partial charge in [0.1, 0.15) is 5.75 Å². The number of carboxylic acids is 1. The van der Waals surface area contributed by atoms with Crippen LogP contribution in [-0.2, 0) is 4.79 Å². The van der Waals surface area contributed by atoms with Gasteiger partial charge in [0.25, 0.3) is 0 Å². The molecule has 0 heterocycles. The molecule has 0 radical (unpaired) electrons. The summed E-state index contributed by atoms with van der Waals surface area (Å²) < 4.78 is 16.2. The largest absolute Gasteiger partial charge is 0.496 e. The Morgan fingerprint density at radius 3 is 2.40 bits per heavy atom. The highest BCUT2D eigenvalue weighted by Crippen LogP contribution is 2.32. The summed E-state index contributed by atoms with van der Waals surface area (Å²) in [6.45, 7) is 2.61. The first-order valence-electron chi connectivity index (χ1n) is 8.00. The smallest absolute Gasteiger partial charge is 0.336 e. The van der Waals surface area contributed by atoms with Crippen molar-refractivity contribution in [1.29, 1.82) is 0 Å². The molecule has 0 fully saturated rings. The number of benzene rings is 2. The van der Waals surface area contributed by atoms with E-state index in [9.17, 15) is 9.90 Å². The molecule has 0 aliphatic rings. The molecule has 0 atom stereocenters. The van der Waals surface area contributed by atoms with Crippen molar-refractivity contribution in [1.82, 2.24) is 0 Å². The minimum absolute atomic E-state index is 0.140. The predicted octanol–water partition coefficient (Wildman–Crippen LogP) is 4.12. The molecule has 0 bridgehead atoms. The molecule has 5 heteroatoms. The molecular weight excluding hydrogens is 320 g/mol. The van der Waals surface area contributed by atoms with Crippen molar-refractivity contribution in [3.8, 4) is 17.2 Å². The summed E-state index contributed by atoms with van der Waals surface area (Å²) in [5.41, 5.74) is 1.36. The summed E-state index contributed by atoms with van der Waals surface area (Å²) in [6, 6.07) is 12.3. The maximum Gasteiger partial charge on any atom is 0.336 e. The Labute approximate surface area is 147 Å². The molecular formula is C20H22O5. The van der Waals surface area contributed by atoms with Gasteiger partial charge >= 0.3 is 5.97 Å². The van der Waals surface area contributed by atoms with Gasteiger partial charge in [0, 0.05) is 5.56 Å². The molecule has 0 aromatic heterocycles. The van der Waals surface area contributed by atoms with Crippen molar-refractivity contribution in [2.24, 2.45) is 0 Å². The lowest BCUT2D eigenvalue weighted by atomic mass is 10.0. The molecule has 25 heavy (non-hydrogen) atoms. The average Bonchev–Trinajstić information content (AvgIpc) is 2.64. The third-order valence-corrected chi connectivity index (χ3v) is 3.59. The molecule has 2 aromatic rings. The molecule has 0 amide bonds. The predicted molar refractivity (Wildman–Crippen MR) is 97.3 cm³/mol. The number of methoxy groups -OCH3 is 2. The van der Waals surface area contributed by atoms with Gasteiger partial charge in [0.2, 0.25) is 0 Å². The Kier molecular flexibility index (Phi) is 6.46. The van der Waals surface area contributed by atoms with Crippen LogP contribution in [0, 0.1) is 0 Å². The topological polar surface area (TPSA) is 65.0 Å². The molecule has 0 aliphatic heterocycles. The second-order valence-electron chi connectivity index (χ2n) is 5.32. The van der Waals surface area contributed by atoms with E-state index in [1.165, 1.54) is 7.11 Å². The monoisotopic (exact) mass is 342 g/mol. The fraction of sp³-hybridized carbons (Fsp3) is 0.250. The van der Waals surface area contributed by atoms with Crippen LogP contribution < -0.4 is 14.2 Å². The van der Waals surface area contributed by atoms with Crippen LogP contribution in [0.4, 0.5) is 0 Å². The zero-order valence-electron chi connectivity index (χ0n) is 14.6. The molecule has 1 N–H and O–H groups in total. The summed E-state index contributed by atoms with van der Waals surface area (Å²) in [4.78, 5) is 11.8. The van der Waals surface area contributed by atoms with Gasteiger partial charge in [-0.05, 0) is 36.3 Å². The Bertz CT molecular complexity index is 764. The van der Waals surface area contributed by atoms with Gasteiger partial charge in [0.05, 0.1) is 26.4 Å². The first kappa shape index (κ1) is 18.4. The van der Waals surface area contributed by atoms with Gasteiger partial charge in [-0.1, -0.05) is 31.2 Å². The average molecular weight is 342 g/mol. The quantitative estimate of drug-likeness (QED) is 0.577. The molecule has 2 rings (SSSR count). The lowest BCUT2D eigenvalue weighted by Crippen LogP contribution is -2.02. The second-order valence-corrected chi connectivity index (χ2v) is 5.32. The maximum atomic E-state index is 11.8. The number of ether oxygens (including phenoxy) is 3. The minimum atomic E-state index is -1.03. The van der Waals surface area contributed by atoms with Gasteiger partial charge in [-0.15, -0.1) is 0 Å². The lowest BCUT2D eigenvalue weighted by molar-refractivity contribution is -0.130. The minimum Gasteiger partial charge on any atom is -0.496 e. The van der Waals surface area contributed by atoms with E-state index in [1.807, 2.05) is 6.92 Å². The van der Waals surface area contributed by atoms with E-state index < -0.39 is 5.97 Å². The number of aliphatic carboxylic acids is 1. The highest BCUT2D eigenvalue weighted by Gasteiger charge is 2.15. The van der Waals surface area contributed by atoms with Crippen LogP contribution in [0.25, 0.3) is 11.6 Å². The highest BCUT2D eigenvalue weighted by molar-refractivity contribution is 6.21. The van der Waals surface area contributed by atoms with Crippen LogP contribution in [0.3, 0.4) is 0 Å². The molecule has 132 valence electrons. The van der Waals surface area contributed by atoms with Crippen LogP contribution in [0.15, 0.2) is 42.5 Å². The molecule has 2 aromatic carbocycles. The number of rotatable bonds is 8. The van der Waals surface area contributed by atoms with E-state index in [0.29, 0.717) is 35.0 Å². The van der Waals surface area contributed by atoms with Crippen LogP contribution in [0.2, 0.25) is 0 Å². The molecule has 0 saturated heterocycles. The van der Waals surface area contributed by atoms with Crippen molar-refractivity contribution in [2.75, 3.05) is 20.8 Å². The van der Waals surface area contributed by atoms with Crippen LogP contribution in [0.1, 0.15) is 24.5 Å². The van der Waals surface area contributed by atoms with Crippen molar-refractivity contribution >= 4 is 17.6 Å². The molecule has 0 unspecified atom stereocenters. The standard InChI is InChI=1S/C20H22O5/c1-4-11-25-18-10-9-14(13-19(18)24-3)12-16(20(21)22)15-7-5-6-8-17(15)23-2/h5-10,12-13H,4,11H2,1-3H3,(H,21,22)/b16-12-. The molecule has 0 aliphatic carbocycles. The molecule has 0 spiro atoms. The fourth-order valence-electron chi connectivity index (χ4n) is 2.39. The third-order valence-electron chi connectivity index (χ3n) is 3.59. The zero-order chi connectivity index (χ0) is 18.2. The number of para-hydroxylation sites is 1. The van der Waals surface area contributed by atoms with E-state index in [1.54, 1.807) is 55.7 Å². The second kappa shape index (κ2) is 8.78. The molecule has 0 saturated carbocycles. The third kappa shape index (κ3) is 4.53. The van der Waals surface area contributed by atoms with E-state index >= 15 is 0 Å². The van der Waals surface area contributed by atoms with Crippen LogP contribution in [-0.4, -0.2) is 31.9 Å². The summed E-state index contributed by atoms with van der Waals surface area (Å²) in [5.74, 6) is 0.670. The van der Waals surface area contributed by atoms with Gasteiger partial charge in [-0.2, -0.15) is 0 Å². The summed E-state index contributed by atoms with van der Waals surface area (Å²) in [6.07, 6.45) is 2.48. The summed E-state index contributed by atoms with van der Waals surface area (Å²) in [5, 5.41) is 9.63. The summed E-state index contributed by atoms with van der Waals surface area (Å²) in [7, 11) is 3.07. The van der Waals surface area contributed by atoms with E-state index in [0.717, 1.165) is 6.42 Å². The van der Waals surface area contributed by atoms with Crippen LogP contribution >= 0.6 is 0 Å². The Morgan fingerprint density at radius 1 is 1.04 bits per heavy atom. The first-order valence-corrected chi connectivity index (χ1v) is 8.00. The Morgan fingerprint density at radius 2 is 1.76 bits per heavy atom. The number of hydrogen-bond donors (Lipinski definition) is 1. The SMILES string of the molecule is CCCOc1ccc(/C=C(\C(=O)O)c2ccccc2OC)cc1OC. The fourth-order valence-corrected chi connectivity index (χ4v) is 2.39. The van der Waals surface area contributed by atoms with Gasteiger partial charge in [0.15, 0.2) is 11.5 Å².